The van der Waals surface area contributed by atoms with Crippen LogP contribution in [-0.2, 0) is 13.0 Å². The number of hydrogen-bond donors (Lipinski definition) is 0. The van der Waals surface area contributed by atoms with Gasteiger partial charge in [-0.3, -0.25) is 4.79 Å². The van der Waals surface area contributed by atoms with Crippen molar-refractivity contribution < 1.29 is 9.53 Å². The van der Waals surface area contributed by atoms with E-state index in [1.807, 2.05) is 54.6 Å². The summed E-state index contributed by atoms with van der Waals surface area (Å²) in [4.78, 5) is 13.2. The monoisotopic (exact) mass is 480 g/mol. The Kier molecular flexibility index (Phi) is 7.37. The van der Waals surface area contributed by atoms with Gasteiger partial charge in [-0.2, -0.15) is 0 Å². The molecule has 0 bridgehead atoms. The molecular formula is C25H22Cl2N4O2. The third-order valence-corrected chi connectivity index (χ3v) is 6.15. The molecule has 0 aliphatic rings. The topological polar surface area (TPSA) is 69.9 Å². The molecule has 4 rings (SSSR count). The zero-order chi connectivity index (χ0) is 23.2. The Bertz CT molecular complexity index is 1230. The largest absolute Gasteiger partial charge is 0.497 e. The van der Waals surface area contributed by atoms with E-state index in [0.717, 1.165) is 16.9 Å². The van der Waals surface area contributed by atoms with Crippen LogP contribution >= 0.6 is 23.2 Å². The van der Waals surface area contributed by atoms with Crippen LogP contribution < -0.4 is 4.74 Å². The summed E-state index contributed by atoms with van der Waals surface area (Å²) in [5.74, 6) is 1.17. The molecule has 0 saturated carbocycles. The van der Waals surface area contributed by atoms with Crippen molar-refractivity contribution in [2.75, 3.05) is 7.11 Å². The second kappa shape index (κ2) is 10.6. The summed E-state index contributed by atoms with van der Waals surface area (Å²) >= 11 is 12.1. The maximum atomic E-state index is 13.2. The van der Waals surface area contributed by atoms with Gasteiger partial charge in [0.05, 0.1) is 23.7 Å². The van der Waals surface area contributed by atoms with Crippen LogP contribution in [0.25, 0.3) is 0 Å². The first-order chi connectivity index (χ1) is 16.0. The minimum atomic E-state index is -0.220. The molecule has 0 fully saturated rings. The molecule has 0 radical (unpaired) electrons. The normalized spacial score (nSPS) is 11.8. The second-order valence-electron chi connectivity index (χ2n) is 7.69. The summed E-state index contributed by atoms with van der Waals surface area (Å²) in [5.41, 5.74) is 2.64. The quantitative estimate of drug-likeness (QED) is 0.290. The highest BCUT2D eigenvalue weighted by Crippen LogP contribution is 2.28. The van der Waals surface area contributed by atoms with Crippen LogP contribution in [-0.4, -0.2) is 33.1 Å². The van der Waals surface area contributed by atoms with Crippen molar-refractivity contribution in [3.63, 3.8) is 0 Å². The predicted octanol–water partition coefficient (Wildman–Crippen LogP) is 5.64. The van der Waals surface area contributed by atoms with Crippen LogP contribution in [0.4, 0.5) is 0 Å². The summed E-state index contributed by atoms with van der Waals surface area (Å²) in [6, 6.07) is 22.7. The van der Waals surface area contributed by atoms with Crippen molar-refractivity contribution in [1.82, 2.24) is 20.2 Å². The highest BCUT2D eigenvalue weighted by atomic mass is 35.5. The average Bonchev–Trinajstić information content (AvgIpc) is 3.29. The van der Waals surface area contributed by atoms with E-state index in [2.05, 4.69) is 15.5 Å². The van der Waals surface area contributed by atoms with Crippen molar-refractivity contribution in [2.24, 2.45) is 0 Å². The molecule has 8 heteroatoms. The van der Waals surface area contributed by atoms with Gasteiger partial charge in [-0.25, -0.2) is 4.68 Å². The van der Waals surface area contributed by atoms with Gasteiger partial charge in [0.15, 0.2) is 11.6 Å². The molecule has 0 N–H and O–H groups in total. The lowest BCUT2D eigenvalue weighted by Gasteiger charge is -2.17. The summed E-state index contributed by atoms with van der Waals surface area (Å²) in [6.45, 7) is 0.485. The van der Waals surface area contributed by atoms with E-state index >= 15 is 0 Å². The third-order valence-electron chi connectivity index (χ3n) is 5.41. The SMILES string of the molecule is COc1ccc(Cn2nnnc2C(CC(=O)c2ccc(Cl)c(Cl)c2)Cc2ccccc2)cc1. The van der Waals surface area contributed by atoms with E-state index < -0.39 is 0 Å². The van der Waals surface area contributed by atoms with Crippen molar-refractivity contribution in [3.8, 4) is 5.75 Å². The molecule has 6 nitrogen and oxygen atoms in total. The summed E-state index contributed by atoms with van der Waals surface area (Å²) in [7, 11) is 1.63. The molecule has 1 unspecified atom stereocenters. The average molecular weight is 481 g/mol. The smallest absolute Gasteiger partial charge is 0.163 e. The van der Waals surface area contributed by atoms with Gasteiger partial charge in [-0.1, -0.05) is 65.7 Å². The zero-order valence-corrected chi connectivity index (χ0v) is 19.5. The van der Waals surface area contributed by atoms with Crippen molar-refractivity contribution in [2.45, 2.75) is 25.3 Å². The van der Waals surface area contributed by atoms with Crippen LogP contribution in [0.3, 0.4) is 0 Å². The van der Waals surface area contributed by atoms with Crippen LogP contribution in [0.1, 0.15) is 39.6 Å². The summed E-state index contributed by atoms with van der Waals surface area (Å²) in [6.07, 6.45) is 0.854. The third kappa shape index (κ3) is 5.78. The fraction of sp³-hybridized carbons (Fsp3) is 0.200. The number of benzene rings is 3. The summed E-state index contributed by atoms with van der Waals surface area (Å²) < 4.78 is 6.98. The number of tetrazole rings is 1. The zero-order valence-electron chi connectivity index (χ0n) is 18.0. The first-order valence-electron chi connectivity index (χ1n) is 10.4. The molecule has 1 heterocycles. The Hall–Kier alpha value is -3.22. The van der Waals surface area contributed by atoms with Crippen LogP contribution in [0.5, 0.6) is 5.75 Å². The highest BCUT2D eigenvalue weighted by molar-refractivity contribution is 6.42. The van der Waals surface area contributed by atoms with E-state index in [-0.39, 0.29) is 18.1 Å². The predicted molar refractivity (Wildman–Crippen MR) is 128 cm³/mol. The molecule has 0 aliphatic carbocycles. The molecule has 0 saturated heterocycles. The Morgan fingerprint density at radius 3 is 2.42 bits per heavy atom. The molecule has 0 spiro atoms. The number of ketones is 1. The van der Waals surface area contributed by atoms with Gasteiger partial charge in [0.25, 0.3) is 0 Å². The number of carbonyl (C=O) groups is 1. The standard InChI is InChI=1S/C25H22Cl2N4O2/c1-33-21-10-7-18(8-11-21)16-31-25(28-29-30-31)20(13-17-5-3-2-4-6-17)15-24(32)19-9-12-22(26)23(27)14-19/h2-12,14,20H,13,15-16H2,1H3. The maximum absolute atomic E-state index is 13.2. The van der Waals surface area contributed by atoms with Crippen LogP contribution in [0, 0.1) is 0 Å². The van der Waals surface area contributed by atoms with Gasteiger partial charge in [-0.05, 0) is 58.3 Å². The van der Waals surface area contributed by atoms with Crippen molar-refractivity contribution >= 4 is 29.0 Å². The molecule has 1 aromatic heterocycles. The van der Waals surface area contributed by atoms with E-state index in [0.29, 0.717) is 34.4 Å². The van der Waals surface area contributed by atoms with E-state index in [9.17, 15) is 4.79 Å². The number of nitrogens with zero attached hydrogens (tertiary/aromatic N) is 4. The molecule has 168 valence electrons. The number of halogens is 2. The Morgan fingerprint density at radius 2 is 1.73 bits per heavy atom. The Labute approximate surface area is 202 Å². The van der Waals surface area contributed by atoms with E-state index in [1.165, 1.54) is 0 Å². The van der Waals surface area contributed by atoms with Gasteiger partial charge in [0.1, 0.15) is 5.75 Å². The molecule has 0 aliphatic heterocycles. The summed E-state index contributed by atoms with van der Waals surface area (Å²) in [5, 5.41) is 13.2. The number of Topliss-reactive ketones (excluding diaryl/α,β-unsaturated/α-hetero) is 1. The lowest BCUT2D eigenvalue weighted by molar-refractivity contribution is 0.0971. The number of carbonyl (C=O) groups excluding carboxylic acids is 1. The lowest BCUT2D eigenvalue weighted by Crippen LogP contribution is -2.17. The van der Waals surface area contributed by atoms with Gasteiger partial charge in [-0.15, -0.1) is 5.10 Å². The molecule has 3 aromatic carbocycles. The Balaban J connectivity index is 1.61. The van der Waals surface area contributed by atoms with Crippen LogP contribution in [0.2, 0.25) is 10.0 Å². The molecule has 4 aromatic rings. The molecular weight excluding hydrogens is 459 g/mol. The van der Waals surface area contributed by atoms with Gasteiger partial charge < -0.3 is 4.74 Å². The van der Waals surface area contributed by atoms with Crippen molar-refractivity contribution in [1.29, 1.82) is 0 Å². The minimum Gasteiger partial charge on any atom is -0.497 e. The van der Waals surface area contributed by atoms with Gasteiger partial charge in [0, 0.05) is 17.9 Å². The number of aromatic nitrogens is 4. The number of methoxy groups -OCH3 is 1. The van der Waals surface area contributed by atoms with Gasteiger partial charge in [0.2, 0.25) is 0 Å². The Morgan fingerprint density at radius 1 is 0.970 bits per heavy atom. The minimum absolute atomic E-state index is 0.0477. The molecule has 33 heavy (non-hydrogen) atoms. The van der Waals surface area contributed by atoms with Gasteiger partial charge >= 0.3 is 0 Å². The first-order valence-corrected chi connectivity index (χ1v) is 11.2. The molecule has 0 amide bonds. The van der Waals surface area contributed by atoms with E-state index in [1.54, 1.807) is 30.0 Å². The maximum Gasteiger partial charge on any atom is 0.163 e. The first kappa shape index (κ1) is 23.0. The lowest BCUT2D eigenvalue weighted by atomic mass is 9.91. The molecule has 1 atom stereocenters. The highest BCUT2D eigenvalue weighted by Gasteiger charge is 2.24. The number of rotatable bonds is 9. The fourth-order valence-corrected chi connectivity index (χ4v) is 3.98. The number of hydrogen-bond acceptors (Lipinski definition) is 5. The van der Waals surface area contributed by atoms with Crippen molar-refractivity contribution in [3.05, 3.63) is 105 Å². The number of ether oxygens (including phenoxy) is 1. The van der Waals surface area contributed by atoms with Crippen LogP contribution in [0.15, 0.2) is 72.8 Å². The van der Waals surface area contributed by atoms with E-state index in [4.69, 9.17) is 27.9 Å². The fourth-order valence-electron chi connectivity index (χ4n) is 3.69. The second-order valence-corrected chi connectivity index (χ2v) is 8.50.